The second-order valence-electron chi connectivity index (χ2n) is 5.00. The van der Waals surface area contributed by atoms with Crippen molar-refractivity contribution in [2.45, 2.75) is 0 Å². The van der Waals surface area contributed by atoms with Gasteiger partial charge in [0.15, 0.2) is 5.43 Å². The minimum absolute atomic E-state index is 0.0582. The maximum atomic E-state index is 12.6. The summed E-state index contributed by atoms with van der Waals surface area (Å²) in [6.45, 7) is 0. The average molecular weight is 304 g/mol. The predicted molar refractivity (Wildman–Crippen MR) is 92.1 cm³/mol. The van der Waals surface area contributed by atoms with Crippen LogP contribution in [0.1, 0.15) is 0 Å². The average Bonchev–Trinajstić information content (AvgIpc) is 2.57. The van der Waals surface area contributed by atoms with Crippen LogP contribution in [-0.4, -0.2) is 0 Å². The molecule has 0 amide bonds. The minimum atomic E-state index is 0.0582. The molecular formula is C19H12O2S. The maximum Gasteiger partial charge on any atom is 0.196 e. The highest BCUT2D eigenvalue weighted by Crippen LogP contribution is 2.29. The summed E-state index contributed by atoms with van der Waals surface area (Å²) in [6, 6.07) is 23.0. The summed E-state index contributed by atoms with van der Waals surface area (Å²) in [6.07, 6.45) is 0. The Labute approximate surface area is 131 Å². The number of rotatable bonds is 2. The molecular weight excluding hydrogens is 292 g/mol. The van der Waals surface area contributed by atoms with Crippen molar-refractivity contribution in [2.75, 3.05) is 0 Å². The van der Waals surface area contributed by atoms with E-state index in [0.29, 0.717) is 11.1 Å². The lowest BCUT2D eigenvalue weighted by Crippen LogP contribution is -2.00. The van der Waals surface area contributed by atoms with E-state index in [1.165, 1.54) is 0 Å². The molecule has 0 saturated heterocycles. The molecule has 0 radical (unpaired) electrons. The molecule has 0 spiro atoms. The van der Waals surface area contributed by atoms with Crippen molar-refractivity contribution in [3.63, 3.8) is 0 Å². The standard InChI is InChI=1S/C19H12O2S/c20-19-15-8-4-5-9-17(15)22-18-11-10-14(12-16(18)19)21-13-6-2-1-3-7-13/h1-12H. The van der Waals surface area contributed by atoms with Crippen LogP contribution in [0.4, 0.5) is 0 Å². The van der Waals surface area contributed by atoms with Gasteiger partial charge in [-0.2, -0.15) is 0 Å². The van der Waals surface area contributed by atoms with Gasteiger partial charge in [0.1, 0.15) is 11.5 Å². The van der Waals surface area contributed by atoms with Gasteiger partial charge in [0.25, 0.3) is 0 Å². The van der Waals surface area contributed by atoms with Crippen molar-refractivity contribution in [3.8, 4) is 11.5 Å². The summed E-state index contributed by atoms with van der Waals surface area (Å²) in [7, 11) is 0. The monoisotopic (exact) mass is 304 g/mol. The lowest BCUT2D eigenvalue weighted by atomic mass is 10.2. The van der Waals surface area contributed by atoms with Crippen LogP contribution in [0, 0.1) is 0 Å². The Hall–Kier alpha value is -2.65. The van der Waals surface area contributed by atoms with E-state index in [1.807, 2.05) is 72.8 Å². The first kappa shape index (κ1) is 13.0. The second kappa shape index (κ2) is 5.28. The molecule has 0 fully saturated rings. The minimum Gasteiger partial charge on any atom is -0.457 e. The smallest absolute Gasteiger partial charge is 0.196 e. The van der Waals surface area contributed by atoms with Crippen molar-refractivity contribution < 1.29 is 4.74 Å². The lowest BCUT2D eigenvalue weighted by Gasteiger charge is -2.07. The molecule has 0 N–H and O–H groups in total. The lowest BCUT2D eigenvalue weighted by molar-refractivity contribution is 0.483. The Morgan fingerprint density at radius 1 is 0.682 bits per heavy atom. The van der Waals surface area contributed by atoms with Crippen LogP contribution in [0.15, 0.2) is 77.6 Å². The van der Waals surface area contributed by atoms with Gasteiger partial charge in [-0.05, 0) is 42.5 Å². The Bertz CT molecular complexity index is 1020. The van der Waals surface area contributed by atoms with Crippen molar-refractivity contribution in [1.29, 1.82) is 0 Å². The summed E-state index contributed by atoms with van der Waals surface area (Å²) in [4.78, 5) is 12.6. The highest BCUT2D eigenvalue weighted by atomic mass is 32.1. The molecule has 1 heterocycles. The first-order chi connectivity index (χ1) is 10.8. The number of para-hydroxylation sites is 1. The molecule has 0 aliphatic carbocycles. The SMILES string of the molecule is O=c1c2ccccc2sc2ccc(Oc3ccccc3)cc12. The van der Waals surface area contributed by atoms with Crippen molar-refractivity contribution in [1.82, 2.24) is 0 Å². The molecule has 3 heteroatoms. The van der Waals surface area contributed by atoms with E-state index in [-0.39, 0.29) is 5.43 Å². The van der Waals surface area contributed by atoms with E-state index in [0.717, 1.165) is 20.5 Å². The van der Waals surface area contributed by atoms with Gasteiger partial charge in [0.05, 0.1) is 0 Å². The molecule has 0 unspecified atom stereocenters. The largest absolute Gasteiger partial charge is 0.457 e. The van der Waals surface area contributed by atoms with E-state index in [9.17, 15) is 4.79 Å². The van der Waals surface area contributed by atoms with E-state index in [1.54, 1.807) is 11.3 Å². The van der Waals surface area contributed by atoms with Gasteiger partial charge in [-0.25, -0.2) is 0 Å². The van der Waals surface area contributed by atoms with E-state index >= 15 is 0 Å². The van der Waals surface area contributed by atoms with Gasteiger partial charge in [-0.15, -0.1) is 11.3 Å². The predicted octanol–water partition coefficient (Wildman–Crippen LogP) is 5.21. The summed E-state index contributed by atoms with van der Waals surface area (Å²) in [5.74, 6) is 1.44. The van der Waals surface area contributed by atoms with E-state index < -0.39 is 0 Å². The van der Waals surface area contributed by atoms with Gasteiger partial charge < -0.3 is 4.74 Å². The number of hydrogen-bond acceptors (Lipinski definition) is 3. The fraction of sp³-hybridized carbons (Fsp3) is 0. The first-order valence-electron chi connectivity index (χ1n) is 7.00. The zero-order valence-electron chi connectivity index (χ0n) is 11.7. The van der Waals surface area contributed by atoms with Crippen LogP contribution >= 0.6 is 11.3 Å². The molecule has 4 aromatic rings. The van der Waals surface area contributed by atoms with Crippen LogP contribution in [0.5, 0.6) is 11.5 Å². The van der Waals surface area contributed by atoms with Crippen LogP contribution in [0.25, 0.3) is 20.2 Å². The third-order valence-corrected chi connectivity index (χ3v) is 4.68. The molecule has 106 valence electrons. The topological polar surface area (TPSA) is 26.3 Å². The van der Waals surface area contributed by atoms with Crippen LogP contribution in [-0.2, 0) is 0 Å². The van der Waals surface area contributed by atoms with E-state index in [2.05, 4.69) is 0 Å². The Kier molecular flexibility index (Phi) is 3.13. The number of benzene rings is 3. The molecule has 2 nitrogen and oxygen atoms in total. The zero-order valence-corrected chi connectivity index (χ0v) is 12.5. The van der Waals surface area contributed by atoms with Crippen molar-refractivity contribution in [3.05, 3.63) is 83.0 Å². The fourth-order valence-electron chi connectivity index (χ4n) is 2.47. The second-order valence-corrected chi connectivity index (χ2v) is 6.08. The molecule has 1 aromatic heterocycles. The molecule has 0 aliphatic heterocycles. The van der Waals surface area contributed by atoms with Crippen LogP contribution < -0.4 is 10.2 Å². The molecule has 3 aromatic carbocycles. The van der Waals surface area contributed by atoms with Crippen molar-refractivity contribution >= 4 is 31.5 Å². The normalized spacial score (nSPS) is 10.9. The summed E-state index contributed by atoms with van der Waals surface area (Å²) in [5, 5.41) is 1.47. The third-order valence-electron chi connectivity index (χ3n) is 3.53. The number of fused-ring (bicyclic) bond motifs is 2. The Morgan fingerprint density at radius 3 is 2.27 bits per heavy atom. The van der Waals surface area contributed by atoms with Crippen LogP contribution in [0.2, 0.25) is 0 Å². The Balaban J connectivity index is 1.88. The number of hydrogen-bond donors (Lipinski definition) is 0. The molecule has 0 saturated carbocycles. The number of ether oxygens (including phenoxy) is 1. The first-order valence-corrected chi connectivity index (χ1v) is 7.81. The van der Waals surface area contributed by atoms with E-state index in [4.69, 9.17) is 4.74 Å². The van der Waals surface area contributed by atoms with Crippen molar-refractivity contribution in [2.24, 2.45) is 0 Å². The summed E-state index contributed by atoms with van der Waals surface area (Å²) < 4.78 is 7.81. The van der Waals surface area contributed by atoms with Gasteiger partial charge >= 0.3 is 0 Å². The maximum absolute atomic E-state index is 12.6. The highest BCUT2D eigenvalue weighted by Gasteiger charge is 2.07. The molecule has 0 bridgehead atoms. The van der Waals surface area contributed by atoms with Gasteiger partial charge in [0.2, 0.25) is 0 Å². The van der Waals surface area contributed by atoms with Crippen LogP contribution in [0.3, 0.4) is 0 Å². The quantitative estimate of drug-likeness (QED) is 0.475. The summed E-state index contributed by atoms with van der Waals surface area (Å²) in [5.41, 5.74) is 0.0582. The molecule has 0 atom stereocenters. The van der Waals surface area contributed by atoms with Gasteiger partial charge in [-0.3, -0.25) is 4.79 Å². The molecule has 0 aliphatic rings. The van der Waals surface area contributed by atoms with Gasteiger partial charge in [0, 0.05) is 20.2 Å². The fourth-order valence-corrected chi connectivity index (χ4v) is 3.52. The third kappa shape index (κ3) is 2.26. The Morgan fingerprint density at radius 2 is 1.41 bits per heavy atom. The molecule has 22 heavy (non-hydrogen) atoms. The zero-order chi connectivity index (χ0) is 14.9. The molecule has 4 rings (SSSR count). The summed E-state index contributed by atoms with van der Waals surface area (Å²) >= 11 is 1.62. The van der Waals surface area contributed by atoms with Gasteiger partial charge in [-0.1, -0.05) is 30.3 Å². The highest BCUT2D eigenvalue weighted by molar-refractivity contribution is 7.24.